The average Bonchev–Trinajstić information content (AvgIpc) is 3.61. The zero-order valence-corrected chi connectivity index (χ0v) is 30.3. The number of aliphatic imine (C=N–C) groups is 1. The van der Waals surface area contributed by atoms with Gasteiger partial charge in [-0.05, 0) is 83.7 Å². The van der Waals surface area contributed by atoms with Gasteiger partial charge in [-0.15, -0.1) is 11.8 Å². The van der Waals surface area contributed by atoms with Gasteiger partial charge in [-0.3, -0.25) is 20.4 Å². The minimum atomic E-state index is -0.648. The van der Waals surface area contributed by atoms with Crippen molar-refractivity contribution in [1.29, 1.82) is 5.41 Å². The van der Waals surface area contributed by atoms with E-state index in [1.165, 1.54) is 46.8 Å². The molecule has 3 aromatic rings. The van der Waals surface area contributed by atoms with E-state index < -0.39 is 4.75 Å². The number of nitrogen functional groups attached to an aromatic ring is 1. The first-order chi connectivity index (χ1) is 24.7. The van der Waals surface area contributed by atoms with Crippen LogP contribution in [0.25, 0.3) is 11.1 Å². The van der Waals surface area contributed by atoms with E-state index in [1.54, 1.807) is 30.5 Å². The topological polar surface area (TPSA) is 127 Å². The second-order valence-corrected chi connectivity index (χ2v) is 14.1. The summed E-state index contributed by atoms with van der Waals surface area (Å²) in [5.74, 6) is 5.48. The molecule has 2 aliphatic heterocycles. The molecule has 3 aromatic carbocycles. The lowest BCUT2D eigenvalue weighted by Gasteiger charge is -2.28. The molecule has 0 saturated carbocycles. The van der Waals surface area contributed by atoms with Gasteiger partial charge in [0.1, 0.15) is 10.6 Å². The zero-order valence-electron chi connectivity index (χ0n) is 29.5. The smallest absolute Gasteiger partial charge is 0.241 e. The number of thioether (sulfide) groups is 1. The summed E-state index contributed by atoms with van der Waals surface area (Å²) in [4.78, 5) is 35.7. The van der Waals surface area contributed by atoms with Crippen molar-refractivity contribution in [2.75, 3.05) is 49.7 Å². The van der Waals surface area contributed by atoms with Crippen molar-refractivity contribution >= 4 is 58.5 Å². The van der Waals surface area contributed by atoms with Gasteiger partial charge in [0.2, 0.25) is 11.8 Å². The van der Waals surface area contributed by atoms with Crippen molar-refractivity contribution < 1.29 is 14.0 Å². The summed E-state index contributed by atoms with van der Waals surface area (Å²) >= 11 is 1.54. The van der Waals surface area contributed by atoms with E-state index in [9.17, 15) is 14.0 Å². The summed E-state index contributed by atoms with van der Waals surface area (Å²) in [6, 6.07) is 20.1. The number of carbonyl (C=O) groups is 2. The number of amides is 2. The van der Waals surface area contributed by atoms with E-state index in [2.05, 4.69) is 64.5 Å². The predicted octanol–water partition coefficient (Wildman–Crippen LogP) is 7.19. The third kappa shape index (κ3) is 9.21. The number of carbonyl (C=O) groups excluding carboxylic acids is 2. The monoisotopic (exact) mass is 709 g/mol. The summed E-state index contributed by atoms with van der Waals surface area (Å²) < 4.78 is 12.9. The zero-order chi connectivity index (χ0) is 36.4. The number of rotatable bonds is 15. The molecule has 9 nitrogen and oxygen atoms in total. The molecule has 0 bridgehead atoms. The van der Waals surface area contributed by atoms with E-state index in [1.807, 2.05) is 17.2 Å². The average molecular weight is 710 g/mol. The Morgan fingerprint density at radius 2 is 1.90 bits per heavy atom. The van der Waals surface area contributed by atoms with Crippen LogP contribution in [0.1, 0.15) is 67.3 Å². The van der Waals surface area contributed by atoms with Crippen LogP contribution in [0, 0.1) is 11.2 Å². The third-order valence-corrected chi connectivity index (χ3v) is 11.1. The molecule has 0 aromatic heterocycles. The fourth-order valence-electron chi connectivity index (χ4n) is 6.70. The van der Waals surface area contributed by atoms with Gasteiger partial charge in [0.15, 0.2) is 0 Å². The highest BCUT2D eigenvalue weighted by atomic mass is 32.2. The Balaban J connectivity index is 1.13. The number of nitrogens with two attached hydrogens (primary N) is 1. The SMILES string of the molecule is C=C(c1ccc(F)cc1)c1cc(NC(=O)C2(SC)CCN(CCC(=O)N3CC=C(c4ccc(C(CC)N=CCC=N)cc4)CC3)C2)ccc1NN. The first-order valence-electron chi connectivity index (χ1n) is 17.4. The van der Waals surface area contributed by atoms with Crippen LogP contribution in [0.5, 0.6) is 0 Å². The van der Waals surface area contributed by atoms with Crippen LogP contribution in [-0.4, -0.2) is 77.8 Å². The molecule has 2 unspecified atom stereocenters. The molecule has 11 heteroatoms. The molecule has 1 fully saturated rings. The molecular weight excluding hydrogens is 662 g/mol. The molecule has 5 rings (SSSR count). The van der Waals surface area contributed by atoms with Gasteiger partial charge in [0.25, 0.3) is 0 Å². The quantitative estimate of drug-likeness (QED) is 0.0752. The summed E-state index contributed by atoms with van der Waals surface area (Å²) in [7, 11) is 0. The summed E-state index contributed by atoms with van der Waals surface area (Å²) in [6.45, 7) is 9.47. The molecule has 2 amide bonds. The molecule has 5 N–H and O–H groups in total. The molecule has 0 spiro atoms. The first-order valence-corrected chi connectivity index (χ1v) is 18.6. The Bertz CT molecular complexity index is 1780. The van der Waals surface area contributed by atoms with E-state index >= 15 is 0 Å². The van der Waals surface area contributed by atoms with Gasteiger partial charge in [-0.25, -0.2) is 4.39 Å². The molecule has 0 radical (unpaired) electrons. The lowest BCUT2D eigenvalue weighted by atomic mass is 9.96. The summed E-state index contributed by atoms with van der Waals surface area (Å²) in [6.07, 6.45) is 10.6. The molecule has 268 valence electrons. The minimum Gasteiger partial charge on any atom is -0.339 e. The number of halogens is 1. The van der Waals surface area contributed by atoms with Gasteiger partial charge >= 0.3 is 0 Å². The maximum atomic E-state index is 13.8. The van der Waals surface area contributed by atoms with Crippen LogP contribution < -0.4 is 16.6 Å². The Morgan fingerprint density at radius 3 is 2.55 bits per heavy atom. The number of likely N-dealkylation sites (tertiary alicyclic amines) is 1. The predicted molar refractivity (Wildman–Crippen MR) is 210 cm³/mol. The van der Waals surface area contributed by atoms with Crippen LogP contribution >= 0.6 is 11.8 Å². The van der Waals surface area contributed by atoms with E-state index in [0.717, 1.165) is 24.9 Å². The summed E-state index contributed by atoms with van der Waals surface area (Å²) in [5.41, 5.74) is 9.62. The van der Waals surface area contributed by atoms with Crippen LogP contribution in [0.15, 0.2) is 84.4 Å². The highest BCUT2D eigenvalue weighted by Gasteiger charge is 2.44. The molecule has 2 heterocycles. The van der Waals surface area contributed by atoms with Crippen molar-refractivity contribution in [2.24, 2.45) is 10.8 Å². The Labute approximate surface area is 304 Å². The minimum absolute atomic E-state index is 0.0851. The number of hydrogen-bond donors (Lipinski definition) is 4. The fraction of sp³-hybridized carbons (Fsp3) is 0.350. The number of hydrazine groups is 1. The molecule has 51 heavy (non-hydrogen) atoms. The Hall–Kier alpha value is -4.58. The molecule has 2 atom stereocenters. The molecule has 0 aliphatic carbocycles. The maximum Gasteiger partial charge on any atom is 0.241 e. The van der Waals surface area contributed by atoms with Crippen LogP contribution in [-0.2, 0) is 9.59 Å². The normalized spacial score (nSPS) is 18.4. The fourth-order valence-corrected chi connectivity index (χ4v) is 7.54. The van der Waals surface area contributed by atoms with Crippen LogP contribution in [0.4, 0.5) is 15.8 Å². The number of benzene rings is 3. The van der Waals surface area contributed by atoms with Gasteiger partial charge < -0.3 is 26.0 Å². The van der Waals surface area contributed by atoms with E-state index in [-0.39, 0.29) is 23.7 Å². The molecular formula is C40H48FN7O2S. The summed E-state index contributed by atoms with van der Waals surface area (Å²) in [5, 5.41) is 10.3. The Morgan fingerprint density at radius 1 is 1.14 bits per heavy atom. The number of anilines is 2. The standard InChI is InChI=1S/C40H48FN7O2S/c1-4-36(44-21-5-20-42)32-8-6-30(7-9-32)31-16-23-48(24-17-31)38(49)18-22-47-25-19-40(27-47,51-3)39(50)45-34-14-15-37(46-43)35(26-34)28(2)29-10-12-33(41)13-11-29/h6-16,20-21,26,36,42,46H,2,4-5,17-19,22-25,27,43H2,1,3H3,(H,45,50). The lowest BCUT2D eigenvalue weighted by Crippen LogP contribution is -2.43. The second kappa shape index (κ2) is 17.6. The number of nitrogens with zero attached hydrogens (tertiary/aromatic N) is 3. The van der Waals surface area contributed by atoms with Gasteiger partial charge in [-0.2, -0.15) is 0 Å². The second-order valence-electron chi connectivity index (χ2n) is 13.0. The third-order valence-electron chi connectivity index (χ3n) is 9.83. The van der Waals surface area contributed by atoms with Crippen molar-refractivity contribution in [3.05, 3.63) is 107 Å². The lowest BCUT2D eigenvalue weighted by molar-refractivity contribution is -0.131. The van der Waals surface area contributed by atoms with E-state index in [4.69, 9.17) is 11.3 Å². The van der Waals surface area contributed by atoms with Gasteiger partial charge in [0, 0.05) is 69.2 Å². The van der Waals surface area contributed by atoms with Crippen LogP contribution in [0.3, 0.4) is 0 Å². The van der Waals surface area contributed by atoms with Crippen molar-refractivity contribution in [2.45, 2.75) is 49.8 Å². The van der Waals surface area contributed by atoms with Crippen LogP contribution in [0.2, 0.25) is 0 Å². The highest BCUT2D eigenvalue weighted by molar-refractivity contribution is 8.00. The van der Waals surface area contributed by atoms with Gasteiger partial charge in [0.05, 0.1) is 11.7 Å². The largest absolute Gasteiger partial charge is 0.339 e. The number of hydrogen-bond acceptors (Lipinski definition) is 8. The maximum absolute atomic E-state index is 13.8. The highest BCUT2D eigenvalue weighted by Crippen LogP contribution is 2.36. The van der Waals surface area contributed by atoms with E-state index in [0.29, 0.717) is 68.0 Å². The van der Waals surface area contributed by atoms with Crippen molar-refractivity contribution in [3.63, 3.8) is 0 Å². The number of nitrogens with one attached hydrogen (secondary N) is 3. The Kier molecular flexibility index (Phi) is 13.0. The first kappa shape index (κ1) is 37.7. The van der Waals surface area contributed by atoms with Crippen molar-refractivity contribution in [1.82, 2.24) is 9.80 Å². The molecule has 2 aliphatic rings. The van der Waals surface area contributed by atoms with Crippen molar-refractivity contribution in [3.8, 4) is 0 Å². The van der Waals surface area contributed by atoms with Gasteiger partial charge in [-0.1, -0.05) is 56.0 Å². The molecule has 1 saturated heterocycles.